The van der Waals surface area contributed by atoms with Gasteiger partial charge in [0.1, 0.15) is 5.75 Å². The van der Waals surface area contributed by atoms with E-state index in [4.69, 9.17) is 27.2 Å². The molecule has 5 heteroatoms. The standard InChI is InChI=1S/C12H16ClNO3/c1-7-4-8(6-14)5-9(13)10(7)17-12(2,3)11(15)16/h4-5H,6,14H2,1-3H3,(H,15,16). The number of hydrogen-bond acceptors (Lipinski definition) is 3. The fraction of sp³-hybridized carbons (Fsp3) is 0.417. The third kappa shape index (κ3) is 3.11. The SMILES string of the molecule is Cc1cc(CN)cc(Cl)c1OC(C)(C)C(=O)O. The zero-order valence-corrected chi connectivity index (χ0v) is 10.8. The molecule has 0 heterocycles. The van der Waals surface area contributed by atoms with E-state index in [0.717, 1.165) is 11.1 Å². The molecule has 0 saturated carbocycles. The number of aliphatic carboxylic acids is 1. The summed E-state index contributed by atoms with van der Waals surface area (Å²) < 4.78 is 5.45. The number of carbonyl (C=O) groups is 1. The van der Waals surface area contributed by atoms with E-state index in [1.807, 2.05) is 6.07 Å². The van der Waals surface area contributed by atoms with E-state index in [2.05, 4.69) is 0 Å². The van der Waals surface area contributed by atoms with Crippen LogP contribution in [0, 0.1) is 6.92 Å². The molecule has 1 aromatic carbocycles. The molecule has 0 saturated heterocycles. The molecule has 0 aromatic heterocycles. The minimum Gasteiger partial charge on any atom is -0.478 e. The Kier molecular flexibility index (Phi) is 4.01. The highest BCUT2D eigenvalue weighted by molar-refractivity contribution is 6.32. The highest BCUT2D eigenvalue weighted by Gasteiger charge is 2.30. The first-order valence-corrected chi connectivity index (χ1v) is 5.57. The topological polar surface area (TPSA) is 72.5 Å². The Bertz CT molecular complexity index is 420. The molecule has 17 heavy (non-hydrogen) atoms. The van der Waals surface area contributed by atoms with E-state index < -0.39 is 11.6 Å². The summed E-state index contributed by atoms with van der Waals surface area (Å²) in [5.74, 6) is -0.660. The molecule has 0 radical (unpaired) electrons. The van der Waals surface area contributed by atoms with Gasteiger partial charge in [0.05, 0.1) is 5.02 Å². The number of hydrogen-bond donors (Lipinski definition) is 2. The molecular weight excluding hydrogens is 242 g/mol. The first-order valence-electron chi connectivity index (χ1n) is 5.19. The van der Waals surface area contributed by atoms with Crippen LogP contribution in [0.1, 0.15) is 25.0 Å². The molecule has 0 unspecified atom stereocenters. The lowest BCUT2D eigenvalue weighted by Gasteiger charge is -2.23. The number of ether oxygens (including phenoxy) is 1. The van der Waals surface area contributed by atoms with Crippen LogP contribution in [0.3, 0.4) is 0 Å². The second-order valence-electron chi connectivity index (χ2n) is 4.35. The molecule has 1 aromatic rings. The lowest BCUT2D eigenvalue weighted by molar-refractivity contribution is -0.152. The normalized spacial score (nSPS) is 11.4. The number of rotatable bonds is 4. The van der Waals surface area contributed by atoms with Gasteiger partial charge in [-0.3, -0.25) is 0 Å². The average Bonchev–Trinajstić information content (AvgIpc) is 2.22. The zero-order valence-electron chi connectivity index (χ0n) is 10.1. The number of halogens is 1. The number of carboxylic acid groups (broad SMARTS) is 1. The molecular formula is C12H16ClNO3. The number of carboxylic acids is 1. The molecule has 0 fully saturated rings. The summed E-state index contributed by atoms with van der Waals surface area (Å²) in [5, 5.41) is 9.37. The van der Waals surface area contributed by atoms with E-state index in [-0.39, 0.29) is 0 Å². The van der Waals surface area contributed by atoms with E-state index >= 15 is 0 Å². The van der Waals surface area contributed by atoms with Gasteiger partial charge in [-0.1, -0.05) is 17.7 Å². The second-order valence-corrected chi connectivity index (χ2v) is 4.75. The summed E-state index contributed by atoms with van der Waals surface area (Å²) in [6.45, 7) is 5.13. The maximum Gasteiger partial charge on any atom is 0.347 e. The van der Waals surface area contributed by atoms with Crippen LogP contribution in [-0.2, 0) is 11.3 Å². The van der Waals surface area contributed by atoms with Crippen molar-refractivity contribution in [2.24, 2.45) is 5.73 Å². The van der Waals surface area contributed by atoms with Crippen molar-refractivity contribution in [1.82, 2.24) is 0 Å². The van der Waals surface area contributed by atoms with E-state index in [1.54, 1.807) is 13.0 Å². The van der Waals surface area contributed by atoms with Crippen molar-refractivity contribution in [2.75, 3.05) is 0 Å². The molecule has 94 valence electrons. The van der Waals surface area contributed by atoms with Crippen LogP contribution in [0.25, 0.3) is 0 Å². The molecule has 4 nitrogen and oxygen atoms in total. The summed E-state index contributed by atoms with van der Waals surface area (Å²) in [7, 11) is 0. The Morgan fingerprint density at radius 3 is 2.53 bits per heavy atom. The van der Waals surface area contributed by atoms with Crippen molar-refractivity contribution in [3.8, 4) is 5.75 Å². The fourth-order valence-electron chi connectivity index (χ4n) is 1.35. The summed E-state index contributed by atoms with van der Waals surface area (Å²) in [5.41, 5.74) is 5.85. The summed E-state index contributed by atoms with van der Waals surface area (Å²) in [4.78, 5) is 11.0. The minimum atomic E-state index is -1.32. The van der Waals surface area contributed by atoms with Crippen molar-refractivity contribution in [3.63, 3.8) is 0 Å². The molecule has 0 amide bonds. The van der Waals surface area contributed by atoms with Gasteiger partial charge < -0.3 is 15.6 Å². The van der Waals surface area contributed by atoms with Crippen molar-refractivity contribution < 1.29 is 14.6 Å². The summed E-state index contributed by atoms with van der Waals surface area (Å²) in [6, 6.07) is 3.51. The van der Waals surface area contributed by atoms with Crippen molar-refractivity contribution >= 4 is 17.6 Å². The third-order valence-electron chi connectivity index (χ3n) is 2.40. The van der Waals surface area contributed by atoms with Crippen LogP contribution >= 0.6 is 11.6 Å². The molecule has 3 N–H and O–H groups in total. The molecule has 0 spiro atoms. The monoisotopic (exact) mass is 257 g/mol. The van der Waals surface area contributed by atoms with Gasteiger partial charge in [0.25, 0.3) is 0 Å². The quantitative estimate of drug-likeness (QED) is 0.868. The zero-order chi connectivity index (χ0) is 13.2. The average molecular weight is 258 g/mol. The summed E-state index contributed by atoms with van der Waals surface area (Å²) >= 11 is 6.05. The van der Waals surface area contributed by atoms with Gasteiger partial charge in [0.15, 0.2) is 5.60 Å². The summed E-state index contributed by atoms with van der Waals surface area (Å²) in [6.07, 6.45) is 0. The van der Waals surface area contributed by atoms with Crippen LogP contribution < -0.4 is 10.5 Å². The number of benzene rings is 1. The van der Waals surface area contributed by atoms with Crippen LogP contribution in [0.15, 0.2) is 12.1 Å². The van der Waals surface area contributed by atoms with Crippen LogP contribution in [0.5, 0.6) is 5.75 Å². The lowest BCUT2D eigenvalue weighted by Crippen LogP contribution is -2.38. The van der Waals surface area contributed by atoms with Crippen LogP contribution in [0.4, 0.5) is 0 Å². The predicted octanol–water partition coefficient (Wildman–Crippen LogP) is 2.35. The first kappa shape index (κ1) is 13.8. The van der Waals surface area contributed by atoms with E-state index in [1.165, 1.54) is 13.8 Å². The maximum absolute atomic E-state index is 11.0. The highest BCUT2D eigenvalue weighted by atomic mass is 35.5. The maximum atomic E-state index is 11.0. The van der Waals surface area contributed by atoms with Crippen molar-refractivity contribution in [3.05, 3.63) is 28.3 Å². The molecule has 0 aliphatic rings. The van der Waals surface area contributed by atoms with Gasteiger partial charge >= 0.3 is 5.97 Å². The van der Waals surface area contributed by atoms with Gasteiger partial charge in [-0.2, -0.15) is 0 Å². The second kappa shape index (κ2) is 4.94. The Morgan fingerprint density at radius 2 is 2.12 bits per heavy atom. The van der Waals surface area contributed by atoms with Crippen LogP contribution in [-0.4, -0.2) is 16.7 Å². The Morgan fingerprint density at radius 1 is 1.53 bits per heavy atom. The van der Waals surface area contributed by atoms with Crippen molar-refractivity contribution in [1.29, 1.82) is 0 Å². The van der Waals surface area contributed by atoms with Crippen molar-refractivity contribution in [2.45, 2.75) is 32.9 Å². The Balaban J connectivity index is 3.12. The molecule has 0 atom stereocenters. The molecule has 0 aliphatic carbocycles. The van der Waals surface area contributed by atoms with Gasteiger partial charge in [-0.15, -0.1) is 0 Å². The van der Waals surface area contributed by atoms with Gasteiger partial charge in [-0.25, -0.2) is 4.79 Å². The molecule has 0 aliphatic heterocycles. The predicted molar refractivity (Wildman–Crippen MR) is 66.4 cm³/mol. The van der Waals surface area contributed by atoms with Crippen LogP contribution in [0.2, 0.25) is 5.02 Å². The molecule has 1 rings (SSSR count). The first-order chi connectivity index (χ1) is 7.77. The van der Waals surface area contributed by atoms with E-state index in [0.29, 0.717) is 17.3 Å². The number of aryl methyl sites for hydroxylation is 1. The van der Waals surface area contributed by atoms with Gasteiger partial charge in [0, 0.05) is 6.54 Å². The minimum absolute atomic E-state index is 0.375. The number of nitrogens with two attached hydrogens (primary N) is 1. The fourth-order valence-corrected chi connectivity index (χ4v) is 1.68. The lowest BCUT2D eigenvalue weighted by atomic mass is 10.1. The third-order valence-corrected chi connectivity index (χ3v) is 2.68. The largest absolute Gasteiger partial charge is 0.478 e. The van der Waals surface area contributed by atoms with E-state index in [9.17, 15) is 4.79 Å². The Hall–Kier alpha value is -1.26. The van der Waals surface area contributed by atoms with Gasteiger partial charge in [-0.05, 0) is 38.0 Å². The molecule has 0 bridgehead atoms. The van der Waals surface area contributed by atoms with Gasteiger partial charge in [0.2, 0.25) is 0 Å². The Labute approximate surface area is 105 Å². The highest BCUT2D eigenvalue weighted by Crippen LogP contribution is 2.32. The smallest absolute Gasteiger partial charge is 0.347 e.